The van der Waals surface area contributed by atoms with Crippen molar-refractivity contribution in [1.29, 1.82) is 0 Å². The van der Waals surface area contributed by atoms with E-state index in [9.17, 15) is 24.7 Å². The third-order valence-electron chi connectivity index (χ3n) is 3.55. The Morgan fingerprint density at radius 3 is 2.54 bits per heavy atom. The van der Waals surface area contributed by atoms with E-state index in [1.807, 2.05) is 0 Å². The molecule has 0 saturated heterocycles. The Bertz CT molecular complexity index is 892. The van der Waals surface area contributed by atoms with Crippen LogP contribution in [0.25, 0.3) is 0 Å². The molecule has 0 aliphatic rings. The molecule has 0 spiro atoms. The molecule has 1 heterocycles. The first kappa shape index (κ1) is 23.2. The molecule has 0 radical (unpaired) electrons. The van der Waals surface area contributed by atoms with Crippen LogP contribution in [0.2, 0.25) is 0 Å². The number of aromatic hydroxyl groups is 1. The largest absolute Gasteiger partial charge is 0.507 e. The molecule has 11 nitrogen and oxygen atoms in total. The average Bonchev–Trinajstić information content (AvgIpc) is 3.02. The van der Waals surface area contributed by atoms with Crippen molar-refractivity contribution >= 4 is 53.6 Å². The minimum absolute atomic E-state index is 0. The molecule has 28 heavy (non-hydrogen) atoms. The highest BCUT2D eigenvalue weighted by atomic mass is 35.5. The summed E-state index contributed by atoms with van der Waals surface area (Å²) in [6.07, 6.45) is -0.311. The summed E-state index contributed by atoms with van der Waals surface area (Å²) >= 11 is 1.01. The minimum atomic E-state index is -2.05. The minimum Gasteiger partial charge on any atom is -0.507 e. The number of carbonyl (C=O) groups is 2. The van der Waals surface area contributed by atoms with Gasteiger partial charge in [-0.05, 0) is 18.1 Å². The summed E-state index contributed by atoms with van der Waals surface area (Å²) in [5.41, 5.74) is 4.63. The van der Waals surface area contributed by atoms with Crippen LogP contribution in [0.1, 0.15) is 21.6 Å². The number of anilines is 1. The molecule has 150 valence electrons. The summed E-state index contributed by atoms with van der Waals surface area (Å²) in [7, 11) is -2.05. The number of carboxylic acids is 1. The summed E-state index contributed by atoms with van der Waals surface area (Å²) < 4.78 is 0. The number of thiazole rings is 1. The number of aromatic nitrogens is 1. The van der Waals surface area contributed by atoms with Gasteiger partial charge in [-0.15, -0.1) is 23.7 Å². The van der Waals surface area contributed by atoms with Crippen LogP contribution in [0.5, 0.6) is 5.75 Å². The quantitative estimate of drug-likeness (QED) is 0.130. The van der Waals surface area contributed by atoms with Gasteiger partial charge in [0.05, 0.1) is 5.94 Å². The fourth-order valence-corrected chi connectivity index (χ4v) is 2.79. The van der Waals surface area contributed by atoms with Crippen LogP contribution in [0.15, 0.2) is 28.7 Å². The Morgan fingerprint density at radius 1 is 1.36 bits per heavy atom. The molecule has 1 aromatic heterocycles. The maximum Gasteiger partial charge on any atom is 0.475 e. The summed E-state index contributed by atoms with van der Waals surface area (Å²) in [5, 5.41) is 53.7. The van der Waals surface area contributed by atoms with Gasteiger partial charge >= 0.3 is 13.1 Å². The van der Waals surface area contributed by atoms with E-state index in [0.717, 1.165) is 11.3 Å². The molecule has 0 unspecified atom stereocenters. The van der Waals surface area contributed by atoms with Crippen LogP contribution in [0.4, 0.5) is 5.13 Å². The zero-order valence-electron chi connectivity index (χ0n) is 14.0. The van der Waals surface area contributed by atoms with Crippen LogP contribution in [-0.2, 0) is 11.2 Å². The van der Waals surface area contributed by atoms with Gasteiger partial charge in [0, 0.05) is 5.38 Å². The van der Waals surface area contributed by atoms with Crippen LogP contribution < -0.4 is 11.1 Å². The number of amides is 1. The van der Waals surface area contributed by atoms with Crippen molar-refractivity contribution in [3.63, 3.8) is 0 Å². The van der Waals surface area contributed by atoms with Crippen LogP contribution in [-0.4, -0.2) is 61.1 Å². The zero-order chi connectivity index (χ0) is 20.1. The lowest BCUT2D eigenvalue weighted by Crippen LogP contribution is -2.50. The highest BCUT2D eigenvalue weighted by Gasteiger charge is 2.30. The molecule has 0 fully saturated rings. The van der Waals surface area contributed by atoms with Gasteiger partial charge < -0.3 is 36.5 Å². The third-order valence-corrected chi connectivity index (χ3v) is 4.22. The summed E-state index contributed by atoms with van der Waals surface area (Å²) in [6.45, 7) is 0. The lowest BCUT2D eigenvalue weighted by atomic mass is 9.75. The fourth-order valence-electron chi connectivity index (χ4n) is 2.24. The first-order chi connectivity index (χ1) is 12.7. The molecule has 8 N–H and O–H groups in total. The van der Waals surface area contributed by atoms with Gasteiger partial charge in [0.2, 0.25) is 0 Å². The summed E-state index contributed by atoms with van der Waals surface area (Å²) in [4.78, 5) is 27.2. The number of nitrogen functional groups attached to an aromatic ring is 1. The molecule has 0 saturated carbocycles. The number of carbonyl (C=O) groups excluding carboxylic acids is 1. The monoisotopic (exact) mass is 430 g/mol. The van der Waals surface area contributed by atoms with Crippen molar-refractivity contribution in [3.05, 3.63) is 40.4 Å². The summed E-state index contributed by atoms with van der Waals surface area (Å²) in [6, 6.07) is 3.90. The van der Waals surface area contributed by atoms with Crippen molar-refractivity contribution in [3.8, 4) is 5.75 Å². The highest BCUT2D eigenvalue weighted by Crippen LogP contribution is 2.24. The molecule has 2 aromatic rings. The molecular formula is C14H16BClN4O7S. The Morgan fingerprint density at radius 2 is 2.04 bits per heavy atom. The number of aromatic carboxylic acids is 1. The molecule has 1 aromatic carbocycles. The van der Waals surface area contributed by atoms with Gasteiger partial charge in [0.15, 0.2) is 10.8 Å². The Balaban J connectivity index is 0.00000392. The van der Waals surface area contributed by atoms with Gasteiger partial charge in [0.1, 0.15) is 17.0 Å². The van der Waals surface area contributed by atoms with Gasteiger partial charge in [-0.2, -0.15) is 0 Å². The number of oxime groups is 1. The topological polar surface area (TPSA) is 199 Å². The second kappa shape index (κ2) is 9.89. The number of phenols is 1. The second-order valence-electron chi connectivity index (χ2n) is 5.34. The van der Waals surface area contributed by atoms with E-state index in [2.05, 4.69) is 15.5 Å². The lowest BCUT2D eigenvalue weighted by molar-refractivity contribution is -0.115. The van der Waals surface area contributed by atoms with E-state index in [-0.39, 0.29) is 40.8 Å². The number of rotatable bonds is 7. The predicted molar refractivity (Wildman–Crippen MR) is 103 cm³/mol. The van der Waals surface area contributed by atoms with Crippen LogP contribution >= 0.6 is 23.7 Å². The number of halogens is 1. The Hall–Kier alpha value is -2.87. The maximum absolute atomic E-state index is 12.3. The van der Waals surface area contributed by atoms with Gasteiger partial charge in [-0.1, -0.05) is 17.3 Å². The van der Waals surface area contributed by atoms with E-state index < -0.39 is 36.4 Å². The normalized spacial score (nSPS) is 12.0. The van der Waals surface area contributed by atoms with Gasteiger partial charge in [-0.25, -0.2) is 9.78 Å². The molecular weight excluding hydrogens is 415 g/mol. The van der Waals surface area contributed by atoms with Crippen LogP contribution in [0.3, 0.4) is 0 Å². The van der Waals surface area contributed by atoms with E-state index in [1.165, 1.54) is 23.6 Å². The number of benzene rings is 1. The third kappa shape index (κ3) is 5.33. The number of nitrogens with one attached hydrogen (secondary N) is 1. The van der Waals surface area contributed by atoms with E-state index in [0.29, 0.717) is 0 Å². The van der Waals surface area contributed by atoms with Crippen molar-refractivity contribution in [2.75, 3.05) is 5.73 Å². The molecule has 0 aliphatic carbocycles. The standard InChI is InChI=1S/C14H15BN4O7S.ClH/c16-14-17-8(5-27-14)10(19-26)12(21)18-9(15(24)25)4-6-2-1-3-7(11(6)20)13(22)23;/h1-3,5,9,20,24-26H,4H2,(H2,16,17)(H,18,21)(H,22,23);1H/b19-10-;/t9-;/m0./s1. The first-order valence-electron chi connectivity index (χ1n) is 7.39. The Labute approximate surface area is 168 Å². The molecule has 2 rings (SSSR count). The van der Waals surface area contributed by atoms with E-state index >= 15 is 0 Å². The van der Waals surface area contributed by atoms with Crippen molar-refractivity contribution in [1.82, 2.24) is 10.3 Å². The SMILES string of the molecule is Cl.Nc1nc(/C(=N/O)C(=O)N[C@@H](Cc2cccc(C(=O)O)c2O)B(O)O)cs1. The lowest BCUT2D eigenvalue weighted by Gasteiger charge is -2.18. The number of hydrogen-bond donors (Lipinski definition) is 7. The number of para-hydroxylation sites is 1. The van der Waals surface area contributed by atoms with Crippen molar-refractivity contribution in [2.45, 2.75) is 12.4 Å². The number of hydrogen-bond acceptors (Lipinski definition) is 10. The fraction of sp³-hybridized carbons (Fsp3) is 0.143. The van der Waals surface area contributed by atoms with Gasteiger partial charge in [0.25, 0.3) is 5.91 Å². The van der Waals surface area contributed by atoms with Gasteiger partial charge in [-0.3, -0.25) is 4.79 Å². The predicted octanol–water partition coefficient (Wildman–Crippen LogP) is -0.531. The van der Waals surface area contributed by atoms with Crippen molar-refractivity contribution < 1.29 is 35.1 Å². The zero-order valence-corrected chi connectivity index (χ0v) is 15.6. The highest BCUT2D eigenvalue weighted by molar-refractivity contribution is 7.13. The molecule has 1 atom stereocenters. The molecule has 1 amide bonds. The molecule has 0 bridgehead atoms. The molecule has 0 aliphatic heterocycles. The number of nitrogens with zero attached hydrogens (tertiary/aromatic N) is 2. The maximum atomic E-state index is 12.3. The first-order valence-corrected chi connectivity index (χ1v) is 8.27. The summed E-state index contributed by atoms with van der Waals surface area (Å²) in [5.74, 6) is -4.25. The van der Waals surface area contributed by atoms with E-state index in [1.54, 1.807) is 0 Å². The number of nitrogens with two attached hydrogens (primary N) is 1. The smallest absolute Gasteiger partial charge is 0.475 e. The Kier molecular flexibility index (Phi) is 8.19. The van der Waals surface area contributed by atoms with Crippen LogP contribution in [0, 0.1) is 0 Å². The van der Waals surface area contributed by atoms with E-state index in [4.69, 9.17) is 16.0 Å². The van der Waals surface area contributed by atoms with Crippen molar-refractivity contribution in [2.24, 2.45) is 5.16 Å². The second-order valence-corrected chi connectivity index (χ2v) is 6.23. The number of carboxylic acid groups (broad SMARTS) is 1. The average molecular weight is 431 g/mol. The molecule has 14 heteroatoms.